The molecule has 4 nitrogen and oxygen atoms in total. The highest BCUT2D eigenvalue weighted by molar-refractivity contribution is 9.10. The Labute approximate surface area is 126 Å². The van der Waals surface area contributed by atoms with Crippen molar-refractivity contribution in [3.05, 3.63) is 63.6 Å². The van der Waals surface area contributed by atoms with Gasteiger partial charge >= 0.3 is 5.97 Å². The zero-order valence-electron chi connectivity index (χ0n) is 10.4. The van der Waals surface area contributed by atoms with E-state index in [-0.39, 0.29) is 16.8 Å². The molecule has 0 heterocycles. The molecule has 0 atom stereocenters. The number of rotatable bonds is 3. The molecule has 0 aliphatic carbocycles. The number of anilines is 1. The van der Waals surface area contributed by atoms with E-state index in [2.05, 4.69) is 21.2 Å². The number of benzene rings is 2. The fraction of sp³-hybridized carbons (Fsp3) is 0. The van der Waals surface area contributed by atoms with Crippen molar-refractivity contribution in [1.29, 1.82) is 0 Å². The minimum atomic E-state index is -1.18. The van der Waals surface area contributed by atoms with E-state index >= 15 is 0 Å². The van der Waals surface area contributed by atoms with Crippen molar-refractivity contribution in [1.82, 2.24) is 0 Å². The topological polar surface area (TPSA) is 66.4 Å². The fourth-order valence-corrected chi connectivity index (χ4v) is 2.06. The lowest BCUT2D eigenvalue weighted by molar-refractivity contribution is 0.0695. The second-order valence-electron chi connectivity index (χ2n) is 4.08. The second-order valence-corrected chi connectivity index (χ2v) is 4.93. The maximum atomic E-state index is 13.5. The Morgan fingerprint density at radius 2 is 1.76 bits per heavy atom. The van der Waals surface area contributed by atoms with Crippen molar-refractivity contribution in [3.8, 4) is 0 Å². The number of hydrogen-bond donors (Lipinski definition) is 2. The van der Waals surface area contributed by atoms with Gasteiger partial charge in [-0.15, -0.1) is 0 Å². The van der Waals surface area contributed by atoms with Gasteiger partial charge in [0.05, 0.1) is 11.1 Å². The van der Waals surface area contributed by atoms with Gasteiger partial charge in [-0.2, -0.15) is 0 Å². The largest absolute Gasteiger partial charge is 0.478 e. The van der Waals surface area contributed by atoms with Crippen molar-refractivity contribution in [2.75, 3.05) is 5.32 Å². The molecule has 0 saturated heterocycles. The van der Waals surface area contributed by atoms with E-state index < -0.39 is 23.5 Å². The molecule has 0 radical (unpaired) electrons. The summed E-state index contributed by atoms with van der Waals surface area (Å²) in [5.41, 5.74) is -0.201. The molecule has 2 rings (SSSR count). The van der Waals surface area contributed by atoms with E-state index in [0.29, 0.717) is 10.5 Å². The molecule has 2 aromatic rings. The van der Waals surface area contributed by atoms with E-state index in [1.807, 2.05) is 0 Å². The Morgan fingerprint density at radius 3 is 2.38 bits per heavy atom. The van der Waals surface area contributed by atoms with E-state index in [1.54, 1.807) is 0 Å². The molecule has 108 valence electrons. The molecule has 7 heteroatoms. The van der Waals surface area contributed by atoms with Crippen LogP contribution in [0.1, 0.15) is 20.7 Å². The average Bonchev–Trinajstić information content (AvgIpc) is 2.40. The van der Waals surface area contributed by atoms with E-state index in [9.17, 15) is 18.4 Å². The highest BCUT2D eigenvalue weighted by atomic mass is 79.9. The van der Waals surface area contributed by atoms with Crippen molar-refractivity contribution >= 4 is 33.5 Å². The fourth-order valence-electron chi connectivity index (χ4n) is 1.64. The Balaban J connectivity index is 2.27. The van der Waals surface area contributed by atoms with Crippen molar-refractivity contribution < 1.29 is 23.5 Å². The molecule has 0 fully saturated rings. The van der Waals surface area contributed by atoms with Crippen LogP contribution in [0.5, 0.6) is 0 Å². The predicted octanol–water partition coefficient (Wildman–Crippen LogP) is 3.68. The summed E-state index contributed by atoms with van der Waals surface area (Å²) in [5, 5.41) is 11.3. The third kappa shape index (κ3) is 3.43. The van der Waals surface area contributed by atoms with Gasteiger partial charge in [0.15, 0.2) is 0 Å². The van der Waals surface area contributed by atoms with Crippen molar-refractivity contribution in [2.45, 2.75) is 0 Å². The molecule has 0 saturated carbocycles. The molecule has 0 aliphatic rings. The molecular weight excluding hydrogens is 348 g/mol. The number of aromatic carboxylic acids is 1. The molecule has 2 aromatic carbocycles. The SMILES string of the molecule is O=C(Nc1ccc(Br)c(C(=O)O)c1)c1ccc(F)cc1F. The van der Waals surface area contributed by atoms with Crippen molar-refractivity contribution in [3.63, 3.8) is 0 Å². The Morgan fingerprint density at radius 1 is 1.05 bits per heavy atom. The Bertz CT molecular complexity index is 734. The average molecular weight is 356 g/mol. The Kier molecular flexibility index (Phi) is 4.32. The van der Waals surface area contributed by atoms with Crippen LogP contribution in [-0.2, 0) is 0 Å². The van der Waals surface area contributed by atoms with Gasteiger partial charge in [-0.25, -0.2) is 13.6 Å². The number of carboxylic acids is 1. The van der Waals surface area contributed by atoms with Gasteiger partial charge in [-0.05, 0) is 46.3 Å². The summed E-state index contributed by atoms with van der Waals surface area (Å²) < 4.78 is 26.6. The first-order chi connectivity index (χ1) is 9.88. The number of hydrogen-bond acceptors (Lipinski definition) is 2. The number of halogens is 3. The highest BCUT2D eigenvalue weighted by Gasteiger charge is 2.14. The number of carbonyl (C=O) groups is 2. The van der Waals surface area contributed by atoms with Crippen LogP contribution in [0.3, 0.4) is 0 Å². The minimum Gasteiger partial charge on any atom is -0.478 e. The molecule has 0 unspecified atom stereocenters. The second kappa shape index (κ2) is 6.01. The molecule has 0 bridgehead atoms. The molecule has 0 aromatic heterocycles. The zero-order valence-corrected chi connectivity index (χ0v) is 11.9. The number of carbonyl (C=O) groups excluding carboxylic acids is 1. The molecule has 1 amide bonds. The van der Waals surface area contributed by atoms with E-state index in [1.165, 1.54) is 18.2 Å². The number of carboxylic acid groups (broad SMARTS) is 1. The van der Waals surface area contributed by atoms with Gasteiger partial charge in [0.25, 0.3) is 5.91 Å². The maximum Gasteiger partial charge on any atom is 0.336 e. The van der Waals surface area contributed by atoms with Crippen LogP contribution in [0.25, 0.3) is 0 Å². The number of amides is 1. The lowest BCUT2D eigenvalue weighted by atomic mass is 10.1. The lowest BCUT2D eigenvalue weighted by Crippen LogP contribution is -2.14. The van der Waals surface area contributed by atoms with Gasteiger partial charge in [-0.3, -0.25) is 4.79 Å². The molecule has 0 spiro atoms. The van der Waals surface area contributed by atoms with Crippen LogP contribution in [0.2, 0.25) is 0 Å². The summed E-state index contributed by atoms with van der Waals surface area (Å²) in [6.07, 6.45) is 0. The van der Waals surface area contributed by atoms with Crippen LogP contribution in [0.15, 0.2) is 40.9 Å². The van der Waals surface area contributed by atoms with Crippen LogP contribution in [0.4, 0.5) is 14.5 Å². The molecular formula is C14H8BrF2NO3. The zero-order chi connectivity index (χ0) is 15.6. The van der Waals surface area contributed by atoms with E-state index in [4.69, 9.17) is 5.11 Å². The smallest absolute Gasteiger partial charge is 0.336 e. The van der Waals surface area contributed by atoms with Crippen LogP contribution >= 0.6 is 15.9 Å². The van der Waals surface area contributed by atoms with Crippen LogP contribution < -0.4 is 5.32 Å². The summed E-state index contributed by atoms with van der Waals surface area (Å²) in [7, 11) is 0. The first-order valence-electron chi connectivity index (χ1n) is 5.67. The summed E-state index contributed by atoms with van der Waals surface area (Å²) in [5.74, 6) is -3.76. The normalized spacial score (nSPS) is 10.2. The molecule has 21 heavy (non-hydrogen) atoms. The van der Waals surface area contributed by atoms with Gasteiger partial charge in [-0.1, -0.05) is 0 Å². The van der Waals surface area contributed by atoms with Gasteiger partial charge in [0.1, 0.15) is 11.6 Å². The first kappa shape index (κ1) is 15.1. The first-order valence-corrected chi connectivity index (χ1v) is 6.47. The predicted molar refractivity (Wildman–Crippen MR) is 75.4 cm³/mol. The summed E-state index contributed by atoms with van der Waals surface area (Å²) in [4.78, 5) is 22.9. The van der Waals surface area contributed by atoms with Crippen molar-refractivity contribution in [2.24, 2.45) is 0 Å². The van der Waals surface area contributed by atoms with Gasteiger partial charge in [0, 0.05) is 16.2 Å². The summed E-state index contributed by atoms with van der Waals surface area (Å²) in [6.45, 7) is 0. The van der Waals surface area contributed by atoms with Crippen LogP contribution in [0, 0.1) is 11.6 Å². The minimum absolute atomic E-state index is 0.0487. The molecule has 2 N–H and O–H groups in total. The number of nitrogens with one attached hydrogen (secondary N) is 1. The standard InChI is InChI=1S/C14H8BrF2NO3/c15-11-4-2-8(6-10(11)14(20)21)18-13(19)9-3-1-7(16)5-12(9)17/h1-6H,(H,18,19)(H,20,21). The van der Waals surface area contributed by atoms with E-state index in [0.717, 1.165) is 12.1 Å². The Hall–Kier alpha value is -2.28. The summed E-state index contributed by atoms with van der Waals surface area (Å²) >= 11 is 3.07. The summed E-state index contributed by atoms with van der Waals surface area (Å²) in [6, 6.07) is 6.69. The maximum absolute atomic E-state index is 13.5. The highest BCUT2D eigenvalue weighted by Crippen LogP contribution is 2.22. The van der Waals surface area contributed by atoms with Crippen LogP contribution in [-0.4, -0.2) is 17.0 Å². The quantitative estimate of drug-likeness (QED) is 0.882. The lowest BCUT2D eigenvalue weighted by Gasteiger charge is -2.08. The third-order valence-corrected chi connectivity index (χ3v) is 3.32. The molecule has 0 aliphatic heterocycles. The monoisotopic (exact) mass is 355 g/mol. The van der Waals surface area contributed by atoms with Gasteiger partial charge in [0.2, 0.25) is 0 Å². The third-order valence-electron chi connectivity index (χ3n) is 2.63. The van der Waals surface area contributed by atoms with Gasteiger partial charge < -0.3 is 10.4 Å².